The van der Waals surface area contributed by atoms with Gasteiger partial charge in [0.1, 0.15) is 0 Å². The molecule has 1 aromatic carbocycles. The summed E-state index contributed by atoms with van der Waals surface area (Å²) in [5, 5.41) is 0. The summed E-state index contributed by atoms with van der Waals surface area (Å²) in [6.45, 7) is 0.417. The van der Waals surface area contributed by atoms with Crippen LogP contribution in [0.2, 0.25) is 0 Å². The number of hydrazine groups is 1. The van der Waals surface area contributed by atoms with E-state index in [-0.39, 0.29) is 36.4 Å². The number of likely N-dealkylation sites (N-methyl/N-ethyl adjacent to an activating group) is 1. The van der Waals surface area contributed by atoms with Crippen LogP contribution in [0.3, 0.4) is 0 Å². The van der Waals surface area contributed by atoms with Crippen LogP contribution >= 0.6 is 0 Å². The fourth-order valence-corrected chi connectivity index (χ4v) is 6.04. The van der Waals surface area contributed by atoms with Crippen molar-refractivity contribution in [3.8, 4) is 0 Å². The van der Waals surface area contributed by atoms with E-state index in [9.17, 15) is 27.6 Å². The molecule has 4 atom stereocenters. The van der Waals surface area contributed by atoms with Gasteiger partial charge in [-0.1, -0.05) is 31.0 Å². The molecule has 4 unspecified atom stereocenters. The summed E-state index contributed by atoms with van der Waals surface area (Å²) in [6.07, 6.45) is 0.601. The molecule has 5 rings (SSSR count). The first-order valence-corrected chi connectivity index (χ1v) is 12.4. The quantitative estimate of drug-likeness (QED) is 0.597. The van der Waals surface area contributed by atoms with Crippen molar-refractivity contribution < 1.29 is 27.6 Å². The lowest BCUT2D eigenvalue weighted by Crippen LogP contribution is -2.47. The summed E-state index contributed by atoms with van der Waals surface area (Å²) < 4.78 is 40.4. The number of carbonyl (C=O) groups excluding carboxylic acids is 3. The van der Waals surface area contributed by atoms with Crippen LogP contribution in [-0.4, -0.2) is 59.2 Å². The van der Waals surface area contributed by atoms with Crippen molar-refractivity contribution in [3.05, 3.63) is 35.4 Å². The highest BCUT2D eigenvalue weighted by Gasteiger charge is 2.57. The van der Waals surface area contributed by atoms with Gasteiger partial charge in [-0.25, -0.2) is 0 Å². The highest BCUT2D eigenvalue weighted by Crippen LogP contribution is 2.45. The Labute approximate surface area is 202 Å². The zero-order valence-corrected chi connectivity index (χ0v) is 19.7. The smallest absolute Gasteiger partial charge is 0.344 e. The number of alkyl halides is 3. The molecule has 2 N–H and O–H groups in total. The number of fused-ring (bicyclic) bond motifs is 1. The molecule has 3 amide bonds. The molecule has 4 aliphatic rings. The predicted molar refractivity (Wildman–Crippen MR) is 121 cm³/mol. The van der Waals surface area contributed by atoms with Crippen molar-refractivity contribution in [3.63, 3.8) is 0 Å². The zero-order valence-electron chi connectivity index (χ0n) is 19.7. The van der Waals surface area contributed by atoms with Gasteiger partial charge in [-0.3, -0.25) is 30.1 Å². The number of nitrogens with one attached hydrogen (secondary N) is 2. The Morgan fingerprint density at radius 1 is 1.14 bits per heavy atom. The number of rotatable bonds is 6. The van der Waals surface area contributed by atoms with E-state index in [1.54, 1.807) is 11.9 Å². The van der Waals surface area contributed by atoms with Crippen molar-refractivity contribution in [2.75, 3.05) is 13.6 Å². The number of nitrogens with zero attached hydrogens (tertiary/aromatic N) is 2. The van der Waals surface area contributed by atoms with Crippen molar-refractivity contribution in [2.24, 2.45) is 5.92 Å². The zero-order chi connectivity index (χ0) is 25.0. The number of halogens is 3. The summed E-state index contributed by atoms with van der Waals surface area (Å²) in [7, 11) is 1.65. The van der Waals surface area contributed by atoms with E-state index in [1.807, 2.05) is 0 Å². The van der Waals surface area contributed by atoms with Crippen LogP contribution in [0.1, 0.15) is 62.5 Å². The van der Waals surface area contributed by atoms with Gasteiger partial charge in [0.25, 0.3) is 0 Å². The summed E-state index contributed by atoms with van der Waals surface area (Å²) >= 11 is 0. The molecule has 2 heterocycles. The first kappa shape index (κ1) is 24.2. The average Bonchev–Trinajstić information content (AvgIpc) is 3.52. The Morgan fingerprint density at radius 2 is 1.89 bits per heavy atom. The molecule has 1 aromatic rings. The van der Waals surface area contributed by atoms with Crippen molar-refractivity contribution >= 4 is 17.7 Å². The van der Waals surface area contributed by atoms with E-state index in [4.69, 9.17) is 0 Å². The Bertz CT molecular complexity index is 1030. The third-order valence-electron chi connectivity index (χ3n) is 8.14. The fourth-order valence-electron chi connectivity index (χ4n) is 6.04. The minimum atomic E-state index is -4.60. The number of likely N-dealkylation sites (tertiary alicyclic amines) is 1. The van der Waals surface area contributed by atoms with Gasteiger partial charge in [0.15, 0.2) is 0 Å². The lowest BCUT2D eigenvalue weighted by atomic mass is 9.75. The number of hydrogen-bond donors (Lipinski definition) is 2. The standard InChI is InChI=1S/C25H31F3N4O3/c1-31(14-20-18-7-2-3-8-19(18)29-30-20)21(33)12-24(13-22(34)32(23(24)35)17-9-10-17)15-5-4-6-16(11-15)25(26,27)28/h4-6,11,17-20,29-30H,2-3,7-10,12-14H2,1H3. The molecule has 2 aliphatic carbocycles. The molecule has 7 nitrogen and oxygen atoms in total. The Balaban J connectivity index is 1.40. The number of hydrogen-bond acceptors (Lipinski definition) is 5. The third kappa shape index (κ3) is 4.46. The molecule has 2 saturated heterocycles. The maximum Gasteiger partial charge on any atom is 0.416 e. The number of amides is 3. The molecule has 2 saturated carbocycles. The third-order valence-corrected chi connectivity index (χ3v) is 8.14. The largest absolute Gasteiger partial charge is 0.416 e. The van der Waals surface area contributed by atoms with Crippen LogP contribution in [-0.2, 0) is 26.0 Å². The van der Waals surface area contributed by atoms with Gasteiger partial charge in [0, 0.05) is 44.6 Å². The van der Waals surface area contributed by atoms with Gasteiger partial charge in [-0.2, -0.15) is 13.2 Å². The highest BCUT2D eigenvalue weighted by atomic mass is 19.4. The first-order chi connectivity index (χ1) is 16.6. The van der Waals surface area contributed by atoms with Crippen LogP contribution in [0.25, 0.3) is 0 Å². The molecule has 0 radical (unpaired) electrons. The van der Waals surface area contributed by atoms with E-state index in [2.05, 4.69) is 10.9 Å². The SMILES string of the molecule is CN(CC1NNC2CCCCC21)C(=O)CC1(c2cccc(C(F)(F)F)c2)CC(=O)N(C2CC2)C1=O. The van der Waals surface area contributed by atoms with Gasteiger partial charge < -0.3 is 4.90 Å². The summed E-state index contributed by atoms with van der Waals surface area (Å²) in [5.74, 6) is -0.935. The first-order valence-electron chi connectivity index (χ1n) is 12.4. The summed E-state index contributed by atoms with van der Waals surface area (Å²) in [4.78, 5) is 42.6. The van der Waals surface area contributed by atoms with Gasteiger partial charge >= 0.3 is 6.18 Å². The van der Waals surface area contributed by atoms with Crippen molar-refractivity contribution in [2.45, 2.75) is 81.1 Å². The van der Waals surface area contributed by atoms with Crippen molar-refractivity contribution in [1.82, 2.24) is 20.7 Å². The van der Waals surface area contributed by atoms with Crippen LogP contribution in [0.15, 0.2) is 24.3 Å². The molecular weight excluding hydrogens is 461 g/mol. The topological polar surface area (TPSA) is 81.8 Å². The number of benzene rings is 1. The van der Waals surface area contributed by atoms with Crippen LogP contribution < -0.4 is 10.9 Å². The molecule has 2 aliphatic heterocycles. The number of imide groups is 1. The molecule has 0 aromatic heterocycles. The van der Waals surface area contributed by atoms with Crippen molar-refractivity contribution in [1.29, 1.82) is 0 Å². The Kier molecular flexibility index (Phi) is 6.15. The van der Waals surface area contributed by atoms with E-state index < -0.39 is 29.0 Å². The highest BCUT2D eigenvalue weighted by molar-refractivity contribution is 6.11. The normalized spacial score (nSPS) is 31.1. The molecule has 35 heavy (non-hydrogen) atoms. The van der Waals surface area contributed by atoms with Gasteiger partial charge in [0.05, 0.1) is 11.0 Å². The fraction of sp³-hybridized carbons (Fsp3) is 0.640. The molecule has 10 heteroatoms. The number of carbonyl (C=O) groups is 3. The molecule has 190 valence electrons. The Hall–Kier alpha value is -2.46. The molecule has 4 fully saturated rings. The van der Waals surface area contributed by atoms with Crippen LogP contribution in [0.4, 0.5) is 13.2 Å². The average molecular weight is 493 g/mol. The second-order valence-electron chi connectivity index (χ2n) is 10.5. The minimum absolute atomic E-state index is 0.0580. The lowest BCUT2D eigenvalue weighted by Gasteiger charge is -2.32. The summed E-state index contributed by atoms with van der Waals surface area (Å²) in [5.41, 5.74) is 4.16. The van der Waals surface area contributed by atoms with Crippen LogP contribution in [0.5, 0.6) is 0 Å². The van der Waals surface area contributed by atoms with E-state index >= 15 is 0 Å². The molecular formula is C25H31F3N4O3. The van der Waals surface area contributed by atoms with E-state index in [0.29, 0.717) is 31.3 Å². The molecule has 0 bridgehead atoms. The Morgan fingerprint density at radius 3 is 2.60 bits per heavy atom. The van der Waals surface area contributed by atoms with E-state index in [1.165, 1.54) is 23.5 Å². The molecule has 0 spiro atoms. The summed E-state index contributed by atoms with van der Waals surface area (Å²) in [6, 6.07) is 4.74. The second kappa shape index (κ2) is 8.89. The monoisotopic (exact) mass is 492 g/mol. The van der Waals surface area contributed by atoms with Crippen LogP contribution in [0, 0.1) is 5.92 Å². The lowest BCUT2D eigenvalue weighted by molar-refractivity contribution is -0.143. The second-order valence-corrected chi connectivity index (χ2v) is 10.5. The minimum Gasteiger partial charge on any atom is -0.344 e. The van der Waals surface area contributed by atoms with E-state index in [0.717, 1.165) is 31.4 Å². The maximum atomic E-state index is 13.6. The predicted octanol–water partition coefficient (Wildman–Crippen LogP) is 2.75. The maximum absolute atomic E-state index is 13.6. The van der Waals surface area contributed by atoms with Gasteiger partial charge in [0.2, 0.25) is 17.7 Å². The van der Waals surface area contributed by atoms with Gasteiger partial charge in [-0.05, 0) is 43.2 Å². The van der Waals surface area contributed by atoms with Gasteiger partial charge in [-0.15, -0.1) is 0 Å².